The summed E-state index contributed by atoms with van der Waals surface area (Å²) in [6.45, 7) is 5.68. The third-order valence-corrected chi connectivity index (χ3v) is 2.34. The predicted molar refractivity (Wildman–Crippen MR) is 67.8 cm³/mol. The largest absolute Gasteiger partial charge is 0.444 e. The number of H-pyrrole nitrogens is 1. The molecule has 6 heteroatoms. The van der Waals surface area contributed by atoms with E-state index in [2.05, 4.69) is 26.2 Å². The van der Waals surface area contributed by atoms with Crippen molar-refractivity contribution in [3.05, 3.63) is 32.7 Å². The summed E-state index contributed by atoms with van der Waals surface area (Å²) in [5.41, 5.74) is 0.0590. The molecule has 1 amide bonds. The van der Waals surface area contributed by atoms with Crippen LogP contribution in [0.2, 0.25) is 0 Å². The Hall–Kier alpha value is -1.30. The molecular formula is C11H15BrN2O3. The first-order valence-electron chi connectivity index (χ1n) is 5.12. The minimum absolute atomic E-state index is 0.203. The lowest BCUT2D eigenvalue weighted by atomic mass is 10.2. The van der Waals surface area contributed by atoms with E-state index in [0.717, 1.165) is 5.56 Å². The third kappa shape index (κ3) is 5.04. The fraction of sp³-hybridized carbons (Fsp3) is 0.455. The van der Waals surface area contributed by atoms with Gasteiger partial charge < -0.3 is 15.0 Å². The zero-order chi connectivity index (χ0) is 13.1. The lowest BCUT2D eigenvalue weighted by molar-refractivity contribution is 0.0523. The highest BCUT2D eigenvalue weighted by Gasteiger charge is 2.15. The lowest BCUT2D eigenvalue weighted by Crippen LogP contribution is -2.32. The van der Waals surface area contributed by atoms with Gasteiger partial charge in [-0.25, -0.2) is 4.79 Å². The Labute approximate surface area is 108 Å². The second-order valence-electron chi connectivity index (χ2n) is 4.54. The first-order chi connectivity index (χ1) is 7.78. The van der Waals surface area contributed by atoms with Crippen LogP contribution in [-0.4, -0.2) is 16.7 Å². The molecule has 0 aromatic carbocycles. The molecule has 1 aromatic rings. The van der Waals surface area contributed by atoms with Crippen LogP contribution in [0.25, 0.3) is 0 Å². The highest BCUT2D eigenvalue weighted by atomic mass is 79.9. The Bertz CT molecular complexity index is 463. The molecule has 0 atom stereocenters. The number of pyridine rings is 1. The maximum atomic E-state index is 11.4. The highest BCUT2D eigenvalue weighted by molar-refractivity contribution is 9.10. The molecule has 2 N–H and O–H groups in total. The van der Waals surface area contributed by atoms with Crippen molar-refractivity contribution in [1.82, 2.24) is 10.3 Å². The average Bonchev–Trinajstić information content (AvgIpc) is 2.17. The van der Waals surface area contributed by atoms with E-state index in [-0.39, 0.29) is 5.56 Å². The summed E-state index contributed by atoms with van der Waals surface area (Å²) in [6, 6.07) is 1.65. The number of nitrogens with one attached hydrogen (secondary N) is 2. The summed E-state index contributed by atoms with van der Waals surface area (Å²) in [7, 11) is 0. The number of aromatic amines is 1. The van der Waals surface area contributed by atoms with E-state index in [9.17, 15) is 9.59 Å². The van der Waals surface area contributed by atoms with Crippen molar-refractivity contribution in [2.75, 3.05) is 0 Å². The number of alkyl carbamates (subject to hydrolysis) is 1. The predicted octanol–water partition coefficient (Wildman–Crippen LogP) is 2.16. The summed E-state index contributed by atoms with van der Waals surface area (Å²) in [5, 5.41) is 2.60. The van der Waals surface area contributed by atoms with Gasteiger partial charge in [0, 0.05) is 12.7 Å². The fourth-order valence-electron chi connectivity index (χ4n) is 1.09. The van der Waals surface area contributed by atoms with Crippen molar-refractivity contribution in [3.63, 3.8) is 0 Å². The Morgan fingerprint density at radius 3 is 2.71 bits per heavy atom. The topological polar surface area (TPSA) is 71.2 Å². The minimum Gasteiger partial charge on any atom is -0.444 e. The molecule has 0 bridgehead atoms. The number of hydrogen-bond acceptors (Lipinski definition) is 3. The van der Waals surface area contributed by atoms with Crippen molar-refractivity contribution >= 4 is 22.0 Å². The number of carbonyl (C=O) groups is 1. The maximum Gasteiger partial charge on any atom is 0.407 e. The van der Waals surface area contributed by atoms with Gasteiger partial charge in [-0.3, -0.25) is 4.79 Å². The molecule has 0 aliphatic carbocycles. The van der Waals surface area contributed by atoms with Gasteiger partial charge in [-0.15, -0.1) is 0 Å². The molecule has 0 radical (unpaired) electrons. The Kier molecular flexibility index (Phi) is 4.34. The number of carbonyl (C=O) groups excluding carboxylic acids is 1. The van der Waals surface area contributed by atoms with Gasteiger partial charge in [-0.2, -0.15) is 0 Å². The van der Waals surface area contributed by atoms with Crippen LogP contribution in [0, 0.1) is 0 Å². The van der Waals surface area contributed by atoms with Crippen LogP contribution >= 0.6 is 15.9 Å². The molecule has 0 spiro atoms. The molecule has 0 saturated heterocycles. The lowest BCUT2D eigenvalue weighted by Gasteiger charge is -2.19. The fourth-order valence-corrected chi connectivity index (χ4v) is 1.50. The van der Waals surface area contributed by atoms with E-state index in [1.165, 1.54) is 0 Å². The first kappa shape index (κ1) is 13.8. The Morgan fingerprint density at radius 2 is 2.18 bits per heavy atom. The van der Waals surface area contributed by atoms with Crippen molar-refractivity contribution in [2.45, 2.75) is 32.9 Å². The van der Waals surface area contributed by atoms with Gasteiger partial charge in [0.05, 0.1) is 4.47 Å². The summed E-state index contributed by atoms with van der Waals surface area (Å²) in [4.78, 5) is 25.0. The zero-order valence-corrected chi connectivity index (χ0v) is 11.6. The first-order valence-corrected chi connectivity index (χ1v) is 5.91. The van der Waals surface area contributed by atoms with Crippen LogP contribution < -0.4 is 10.9 Å². The number of ether oxygens (including phenoxy) is 1. The quantitative estimate of drug-likeness (QED) is 0.879. The van der Waals surface area contributed by atoms with Crippen molar-refractivity contribution in [1.29, 1.82) is 0 Å². The van der Waals surface area contributed by atoms with Gasteiger partial charge in [0.15, 0.2) is 0 Å². The molecule has 1 heterocycles. The molecule has 0 unspecified atom stereocenters. The van der Waals surface area contributed by atoms with Crippen LogP contribution in [0.3, 0.4) is 0 Å². The molecule has 0 aliphatic rings. The van der Waals surface area contributed by atoms with E-state index in [4.69, 9.17) is 4.74 Å². The molecule has 94 valence electrons. The van der Waals surface area contributed by atoms with Crippen molar-refractivity contribution in [3.8, 4) is 0 Å². The Balaban J connectivity index is 2.53. The van der Waals surface area contributed by atoms with Crippen LogP contribution in [0.15, 0.2) is 21.5 Å². The van der Waals surface area contributed by atoms with Crippen molar-refractivity contribution < 1.29 is 9.53 Å². The van der Waals surface area contributed by atoms with E-state index in [0.29, 0.717) is 11.0 Å². The standard InChI is InChI=1S/C11H15BrN2O3/c1-11(2,3)17-10(16)14-6-7-4-8(12)9(15)13-5-7/h4-5H,6H2,1-3H3,(H,13,15)(H,14,16). The van der Waals surface area contributed by atoms with E-state index in [1.807, 2.05) is 0 Å². The molecule has 1 aromatic heterocycles. The molecular weight excluding hydrogens is 288 g/mol. The average molecular weight is 303 g/mol. The minimum atomic E-state index is -0.518. The number of hydrogen-bond donors (Lipinski definition) is 2. The molecule has 5 nitrogen and oxygen atoms in total. The van der Waals surface area contributed by atoms with E-state index < -0.39 is 11.7 Å². The normalized spacial score (nSPS) is 11.1. The SMILES string of the molecule is CC(C)(C)OC(=O)NCc1c[nH]c(=O)c(Br)c1. The summed E-state index contributed by atoms with van der Waals surface area (Å²) in [6.07, 6.45) is 1.06. The maximum absolute atomic E-state index is 11.4. The van der Waals surface area contributed by atoms with Gasteiger partial charge in [-0.1, -0.05) is 0 Å². The third-order valence-electron chi connectivity index (χ3n) is 1.75. The zero-order valence-electron chi connectivity index (χ0n) is 9.96. The number of rotatable bonds is 2. The summed E-state index contributed by atoms with van der Waals surface area (Å²) < 4.78 is 5.51. The number of amides is 1. The van der Waals surface area contributed by atoms with Crippen molar-refractivity contribution in [2.24, 2.45) is 0 Å². The highest BCUT2D eigenvalue weighted by Crippen LogP contribution is 2.08. The van der Waals surface area contributed by atoms with Gasteiger partial charge >= 0.3 is 6.09 Å². The molecule has 0 saturated carbocycles. The van der Waals surface area contributed by atoms with Gasteiger partial charge in [0.25, 0.3) is 5.56 Å². The molecule has 0 fully saturated rings. The van der Waals surface area contributed by atoms with Gasteiger partial charge in [0.1, 0.15) is 5.60 Å². The number of halogens is 1. The van der Waals surface area contributed by atoms with Crippen LogP contribution in [0.1, 0.15) is 26.3 Å². The van der Waals surface area contributed by atoms with Gasteiger partial charge in [0.2, 0.25) is 0 Å². The van der Waals surface area contributed by atoms with E-state index in [1.54, 1.807) is 33.0 Å². The van der Waals surface area contributed by atoms with Crippen LogP contribution in [0.5, 0.6) is 0 Å². The number of aromatic nitrogens is 1. The van der Waals surface area contributed by atoms with E-state index >= 15 is 0 Å². The summed E-state index contributed by atoms with van der Waals surface area (Å²) in [5.74, 6) is 0. The molecule has 1 rings (SSSR count). The van der Waals surface area contributed by atoms with Crippen LogP contribution in [-0.2, 0) is 11.3 Å². The monoisotopic (exact) mass is 302 g/mol. The second-order valence-corrected chi connectivity index (χ2v) is 5.39. The van der Waals surface area contributed by atoms with Crippen LogP contribution in [0.4, 0.5) is 4.79 Å². The molecule has 0 aliphatic heterocycles. The summed E-state index contributed by atoms with van der Waals surface area (Å²) >= 11 is 3.11. The Morgan fingerprint density at radius 1 is 1.53 bits per heavy atom. The smallest absolute Gasteiger partial charge is 0.407 e. The van der Waals surface area contributed by atoms with Gasteiger partial charge in [-0.05, 0) is 48.3 Å². The second kappa shape index (κ2) is 5.35. The molecule has 17 heavy (non-hydrogen) atoms.